The number of hydroxylamine groups is 1. The van der Waals surface area contributed by atoms with E-state index in [9.17, 15) is 0 Å². The Morgan fingerprint density at radius 1 is 0.842 bits per heavy atom. The minimum Gasteiger partial charge on any atom is -0.320 e. The third-order valence-corrected chi connectivity index (χ3v) is 2.70. The minimum absolute atomic E-state index is 0.762. The number of hydrogen-bond donors (Lipinski definition) is 1. The Balaban J connectivity index is 1.96. The van der Waals surface area contributed by atoms with Gasteiger partial charge in [0.15, 0.2) is 6.26 Å². The van der Waals surface area contributed by atoms with Crippen molar-refractivity contribution in [3.63, 3.8) is 0 Å². The monoisotopic (exact) mass is 249 g/mol. The highest BCUT2D eigenvalue weighted by Gasteiger charge is 2.11. The quantitative estimate of drug-likeness (QED) is 0.622. The zero-order chi connectivity index (χ0) is 12.9. The Morgan fingerprint density at radius 2 is 1.63 bits per heavy atom. The summed E-state index contributed by atoms with van der Waals surface area (Å²) in [7, 11) is 0. The lowest BCUT2D eigenvalue weighted by molar-refractivity contribution is -0.263. The van der Waals surface area contributed by atoms with Crippen LogP contribution in [0.1, 0.15) is 16.7 Å². The molecular weight excluding hydrogens is 238 g/mol. The highest BCUT2D eigenvalue weighted by Crippen LogP contribution is 2.19. The Hall–Kier alpha value is -2.70. The van der Waals surface area contributed by atoms with Gasteiger partial charge in [0, 0.05) is 16.7 Å². The molecule has 1 aliphatic rings. The lowest BCUT2D eigenvalue weighted by Crippen LogP contribution is -2.05. The molecule has 0 fully saturated rings. The molecule has 1 N–H and O–H groups in total. The molecule has 19 heavy (non-hydrogen) atoms. The first kappa shape index (κ1) is 11.4. The first-order valence-electron chi connectivity index (χ1n) is 5.88. The predicted octanol–water partition coefficient (Wildman–Crippen LogP) is 2.85. The van der Waals surface area contributed by atoms with Crippen LogP contribution < -0.4 is 5.48 Å². The Bertz CT molecular complexity index is 666. The van der Waals surface area contributed by atoms with Gasteiger partial charge in [0.25, 0.3) is 0 Å². The molecule has 0 saturated heterocycles. The third-order valence-electron chi connectivity index (χ3n) is 2.70. The van der Waals surface area contributed by atoms with Crippen molar-refractivity contribution in [2.75, 3.05) is 0 Å². The average Bonchev–Trinajstić information content (AvgIpc) is 3.01. The SMILES string of the molecule is C(#Cc1ccccc1C1=COON1)c1ccccc1. The standard InChI is InChI=1S/C16H11NO2/c1-2-6-13(7-3-1)10-11-14-8-4-5-9-15(14)16-12-18-19-17-16/h1-9,12,17H. The molecule has 0 atom stereocenters. The van der Waals surface area contributed by atoms with Crippen LogP contribution in [-0.2, 0) is 9.88 Å². The maximum absolute atomic E-state index is 4.71. The van der Waals surface area contributed by atoms with Gasteiger partial charge in [0.05, 0.1) is 0 Å². The molecular formula is C16H11NO2. The molecule has 3 nitrogen and oxygen atoms in total. The predicted molar refractivity (Wildman–Crippen MR) is 72.1 cm³/mol. The molecule has 0 aromatic heterocycles. The molecule has 1 aliphatic heterocycles. The summed E-state index contributed by atoms with van der Waals surface area (Å²) in [6.45, 7) is 0. The Morgan fingerprint density at radius 3 is 2.42 bits per heavy atom. The zero-order valence-electron chi connectivity index (χ0n) is 10.1. The molecule has 0 amide bonds. The average molecular weight is 249 g/mol. The molecule has 0 bridgehead atoms. The van der Waals surface area contributed by atoms with Crippen molar-refractivity contribution in [3.8, 4) is 11.8 Å². The zero-order valence-corrected chi connectivity index (χ0v) is 10.1. The Labute approximate surface area is 111 Å². The Kier molecular flexibility index (Phi) is 3.18. The second-order valence-corrected chi connectivity index (χ2v) is 3.97. The van der Waals surface area contributed by atoms with Gasteiger partial charge in [0.2, 0.25) is 0 Å². The number of benzene rings is 2. The van der Waals surface area contributed by atoms with Crippen LogP contribution >= 0.6 is 0 Å². The maximum Gasteiger partial charge on any atom is 0.158 e. The molecule has 92 valence electrons. The van der Waals surface area contributed by atoms with Gasteiger partial charge in [-0.15, -0.1) is 0 Å². The number of hydrogen-bond acceptors (Lipinski definition) is 3. The molecule has 1 heterocycles. The molecule has 2 aromatic rings. The normalized spacial score (nSPS) is 12.7. The molecule has 0 aliphatic carbocycles. The van der Waals surface area contributed by atoms with E-state index in [0.29, 0.717) is 0 Å². The van der Waals surface area contributed by atoms with Gasteiger partial charge in [-0.3, -0.25) is 0 Å². The van der Waals surface area contributed by atoms with E-state index in [4.69, 9.17) is 4.89 Å². The van der Waals surface area contributed by atoms with Crippen LogP contribution in [0.15, 0.2) is 60.9 Å². The van der Waals surface area contributed by atoms with Gasteiger partial charge < -0.3 is 4.89 Å². The van der Waals surface area contributed by atoms with Crippen LogP contribution in [-0.4, -0.2) is 0 Å². The summed E-state index contributed by atoms with van der Waals surface area (Å²) in [5, 5.41) is 0. The van der Waals surface area contributed by atoms with E-state index in [0.717, 1.165) is 22.4 Å². The molecule has 2 aromatic carbocycles. The summed E-state index contributed by atoms with van der Waals surface area (Å²) in [6.07, 6.45) is 1.52. The van der Waals surface area contributed by atoms with Crippen molar-refractivity contribution >= 4 is 5.70 Å². The fourth-order valence-electron chi connectivity index (χ4n) is 1.77. The highest BCUT2D eigenvalue weighted by atomic mass is 17.3. The fourth-order valence-corrected chi connectivity index (χ4v) is 1.77. The lowest BCUT2D eigenvalue weighted by Gasteiger charge is -2.02. The molecule has 0 radical (unpaired) electrons. The van der Waals surface area contributed by atoms with Crippen molar-refractivity contribution in [2.45, 2.75) is 0 Å². The first-order valence-corrected chi connectivity index (χ1v) is 5.88. The van der Waals surface area contributed by atoms with Gasteiger partial charge in [-0.05, 0) is 18.2 Å². The minimum atomic E-state index is 0.762. The van der Waals surface area contributed by atoms with Crippen LogP contribution in [0.3, 0.4) is 0 Å². The van der Waals surface area contributed by atoms with Crippen LogP contribution in [0.4, 0.5) is 0 Å². The van der Waals surface area contributed by atoms with Gasteiger partial charge in [0.1, 0.15) is 5.70 Å². The van der Waals surface area contributed by atoms with Gasteiger partial charge in [-0.2, -0.15) is 0 Å². The van der Waals surface area contributed by atoms with Crippen molar-refractivity contribution in [2.24, 2.45) is 0 Å². The molecule has 0 unspecified atom stereocenters. The van der Waals surface area contributed by atoms with Crippen molar-refractivity contribution < 1.29 is 9.88 Å². The van der Waals surface area contributed by atoms with E-state index in [-0.39, 0.29) is 0 Å². The highest BCUT2D eigenvalue weighted by molar-refractivity contribution is 5.69. The van der Waals surface area contributed by atoms with E-state index in [1.807, 2.05) is 54.6 Å². The van der Waals surface area contributed by atoms with Crippen LogP contribution in [0.5, 0.6) is 0 Å². The summed E-state index contributed by atoms with van der Waals surface area (Å²) in [5.74, 6) is 6.30. The topological polar surface area (TPSA) is 30.5 Å². The summed E-state index contributed by atoms with van der Waals surface area (Å²) in [5.41, 5.74) is 6.29. The van der Waals surface area contributed by atoms with Gasteiger partial charge in [-0.25, -0.2) is 5.48 Å². The second kappa shape index (κ2) is 5.30. The van der Waals surface area contributed by atoms with E-state index in [1.54, 1.807) is 0 Å². The lowest BCUT2D eigenvalue weighted by atomic mass is 10.1. The second-order valence-electron chi connectivity index (χ2n) is 3.97. The van der Waals surface area contributed by atoms with Crippen molar-refractivity contribution in [3.05, 3.63) is 77.5 Å². The smallest absolute Gasteiger partial charge is 0.158 e. The molecule has 3 heteroatoms. The maximum atomic E-state index is 4.71. The van der Waals surface area contributed by atoms with E-state index in [2.05, 4.69) is 22.3 Å². The number of nitrogens with one attached hydrogen (secondary N) is 1. The molecule has 0 spiro atoms. The van der Waals surface area contributed by atoms with Crippen LogP contribution in [0.25, 0.3) is 5.70 Å². The summed E-state index contributed by atoms with van der Waals surface area (Å²) >= 11 is 0. The van der Waals surface area contributed by atoms with Crippen molar-refractivity contribution in [1.82, 2.24) is 5.48 Å². The van der Waals surface area contributed by atoms with Gasteiger partial charge >= 0.3 is 0 Å². The summed E-state index contributed by atoms with van der Waals surface area (Å²) in [4.78, 5) is 9.35. The van der Waals surface area contributed by atoms with E-state index >= 15 is 0 Å². The van der Waals surface area contributed by atoms with Gasteiger partial charge in [-0.1, -0.05) is 53.2 Å². The summed E-state index contributed by atoms with van der Waals surface area (Å²) < 4.78 is 0. The van der Waals surface area contributed by atoms with Crippen LogP contribution in [0.2, 0.25) is 0 Å². The van der Waals surface area contributed by atoms with E-state index < -0.39 is 0 Å². The molecule has 0 saturated carbocycles. The summed E-state index contributed by atoms with van der Waals surface area (Å²) in [6, 6.07) is 17.7. The largest absolute Gasteiger partial charge is 0.320 e. The van der Waals surface area contributed by atoms with Crippen molar-refractivity contribution in [1.29, 1.82) is 0 Å². The third kappa shape index (κ3) is 2.59. The van der Waals surface area contributed by atoms with Crippen LogP contribution in [0, 0.1) is 11.8 Å². The first-order chi connectivity index (χ1) is 9.43. The van der Waals surface area contributed by atoms with E-state index in [1.165, 1.54) is 6.26 Å². The molecule has 3 rings (SSSR count). The fraction of sp³-hybridized carbons (Fsp3) is 0. The number of rotatable bonds is 1.